The van der Waals surface area contributed by atoms with Crippen LogP contribution in [-0.2, 0) is 7.05 Å². The van der Waals surface area contributed by atoms with Gasteiger partial charge in [-0.05, 0) is 0 Å². The van der Waals surface area contributed by atoms with Gasteiger partial charge in [0.25, 0.3) is 0 Å². The first-order chi connectivity index (χ1) is 21.4. The number of amides is 1. The standard InChI is InChI=1S/C30H31B5N8O2/c1-15(31)23(32)24(33)25(34)26(35)43-20(16(2)39-29(44)22-27(36)40-42-11-5-10-37-28(22)42)12-19-7-4-6-18(21(19)30(43)45)9-8-17-13-38-41(3)14-17/h4-7,10-14,16,35H,31-34H2,1-3H3,(H2,36,40)(H,39,44)/b23-15-,25-24-. The molecule has 1 atom stereocenters. The van der Waals surface area contributed by atoms with Gasteiger partial charge in [-0.15, -0.1) is 0 Å². The number of carbonyl (C=O) groups is 1. The molecule has 1 amide bonds. The zero-order valence-corrected chi connectivity index (χ0v) is 26.6. The number of fused-ring (bicyclic) bond motifs is 2. The number of anilines is 1. The number of pyridine rings is 1. The zero-order chi connectivity index (χ0) is 32.6. The molecule has 4 heterocycles. The van der Waals surface area contributed by atoms with Crippen molar-refractivity contribution in [2.45, 2.75) is 19.9 Å². The van der Waals surface area contributed by atoms with Gasteiger partial charge in [-0.1, -0.05) is 0 Å². The molecule has 5 aromatic rings. The van der Waals surface area contributed by atoms with E-state index in [0.29, 0.717) is 33.3 Å². The van der Waals surface area contributed by atoms with E-state index < -0.39 is 11.9 Å². The predicted molar refractivity (Wildman–Crippen MR) is 192 cm³/mol. The third kappa shape index (κ3) is 5.96. The first-order valence-electron chi connectivity index (χ1n) is 14.5. The molecule has 10 nitrogen and oxygen atoms in total. The van der Waals surface area contributed by atoms with E-state index in [1.165, 1.54) is 9.99 Å². The Bertz CT molecular complexity index is 2210. The van der Waals surface area contributed by atoms with Crippen molar-refractivity contribution < 1.29 is 4.79 Å². The van der Waals surface area contributed by atoms with Gasteiger partial charge in [-0.3, -0.25) is 0 Å². The number of hydrogen-bond donors (Lipinski definition) is 2. The summed E-state index contributed by atoms with van der Waals surface area (Å²) in [6.45, 7) is 3.87. The van der Waals surface area contributed by atoms with Gasteiger partial charge in [0.2, 0.25) is 0 Å². The second-order valence-corrected chi connectivity index (χ2v) is 11.3. The number of hydrogen-bond acceptors (Lipinski definition) is 6. The average Bonchev–Trinajstić information content (AvgIpc) is 3.59. The SMILES string of the molecule is B=C(/C(B)=C(B)\C(B)=C(\B)C)n1c(C(C)NC(=O)c2c(N)nn3cccnc23)cc2cccc(C#Cc3cnn(C)c3)c2c1=O. The number of carbonyl (C=O) groups excluding carboxylic acids is 1. The fourth-order valence-corrected chi connectivity index (χ4v) is 5.21. The number of nitrogens with zero attached hydrogens (tertiary/aromatic N) is 6. The molecule has 5 rings (SSSR count). The number of aryl methyl sites for hydroxylation is 1. The molecule has 0 saturated heterocycles. The van der Waals surface area contributed by atoms with E-state index in [2.05, 4.69) is 47.7 Å². The Labute approximate surface area is 265 Å². The summed E-state index contributed by atoms with van der Waals surface area (Å²) >= 11 is 0. The summed E-state index contributed by atoms with van der Waals surface area (Å²) in [4.78, 5) is 32.4. The third-order valence-electron chi connectivity index (χ3n) is 8.14. The molecule has 0 aliphatic rings. The van der Waals surface area contributed by atoms with Gasteiger partial charge in [0.15, 0.2) is 0 Å². The molecular weight excluding hydrogens is 558 g/mol. The normalized spacial score (nSPS) is 13.0. The Morgan fingerprint density at radius 1 is 1.11 bits per heavy atom. The molecule has 0 bridgehead atoms. The fourth-order valence-electron chi connectivity index (χ4n) is 5.21. The third-order valence-corrected chi connectivity index (χ3v) is 8.14. The van der Waals surface area contributed by atoms with Crippen molar-refractivity contribution in [1.29, 1.82) is 0 Å². The summed E-state index contributed by atoms with van der Waals surface area (Å²) < 4.78 is 4.71. The number of nitrogens with one attached hydrogen (secondary N) is 1. The van der Waals surface area contributed by atoms with E-state index in [0.717, 1.165) is 22.0 Å². The molecule has 0 spiro atoms. The van der Waals surface area contributed by atoms with Crippen LogP contribution in [0.4, 0.5) is 5.82 Å². The topological polar surface area (TPSA) is 125 Å². The van der Waals surface area contributed by atoms with Gasteiger partial charge < -0.3 is 0 Å². The van der Waals surface area contributed by atoms with Gasteiger partial charge in [-0.25, -0.2) is 0 Å². The number of nitrogens with two attached hydrogens (primary N) is 1. The van der Waals surface area contributed by atoms with E-state index in [9.17, 15) is 9.59 Å². The second kappa shape index (κ2) is 12.4. The minimum atomic E-state index is -0.632. The Kier molecular flexibility index (Phi) is 8.60. The maximum absolute atomic E-state index is 14.5. The van der Waals surface area contributed by atoms with Crippen LogP contribution < -0.4 is 16.6 Å². The summed E-state index contributed by atoms with van der Waals surface area (Å²) in [7, 11) is 14.3. The molecule has 45 heavy (non-hydrogen) atoms. The molecule has 0 aliphatic heterocycles. The van der Waals surface area contributed by atoms with E-state index >= 15 is 0 Å². The van der Waals surface area contributed by atoms with Crippen molar-refractivity contribution in [3.63, 3.8) is 0 Å². The molecule has 0 radical (unpaired) electrons. The van der Waals surface area contributed by atoms with Crippen LogP contribution in [0.25, 0.3) is 16.4 Å². The monoisotopic (exact) mass is 590 g/mol. The predicted octanol–water partition coefficient (Wildman–Crippen LogP) is -1.89. The zero-order valence-electron chi connectivity index (χ0n) is 26.6. The van der Waals surface area contributed by atoms with Crippen LogP contribution in [0.3, 0.4) is 0 Å². The van der Waals surface area contributed by atoms with Crippen LogP contribution in [0.1, 0.15) is 47.1 Å². The van der Waals surface area contributed by atoms with Gasteiger partial charge in [0.1, 0.15) is 0 Å². The summed E-state index contributed by atoms with van der Waals surface area (Å²) in [6.07, 6.45) is 6.73. The molecule has 3 N–H and O–H groups in total. The second-order valence-electron chi connectivity index (χ2n) is 11.3. The van der Waals surface area contributed by atoms with Gasteiger partial charge in [0, 0.05) is 0 Å². The summed E-state index contributed by atoms with van der Waals surface area (Å²) in [6, 6.07) is 8.52. The van der Waals surface area contributed by atoms with Gasteiger partial charge in [-0.2, -0.15) is 0 Å². The van der Waals surface area contributed by atoms with Crippen molar-refractivity contribution in [2.75, 3.05) is 5.73 Å². The van der Waals surface area contributed by atoms with Crippen LogP contribution >= 0.6 is 0 Å². The first-order valence-corrected chi connectivity index (χ1v) is 14.5. The Balaban J connectivity index is 1.69. The van der Waals surface area contributed by atoms with Crippen molar-refractivity contribution in [2.24, 2.45) is 7.05 Å². The first kappa shape index (κ1) is 31.2. The number of rotatable bonds is 6. The summed E-state index contributed by atoms with van der Waals surface area (Å²) in [5.41, 5.74) is 12.9. The molecular formula is C30H31B5N8O2. The number of benzene rings is 1. The van der Waals surface area contributed by atoms with Gasteiger partial charge >= 0.3 is 266 Å². The van der Waals surface area contributed by atoms with Gasteiger partial charge in [0.05, 0.1) is 0 Å². The van der Waals surface area contributed by atoms with E-state index in [4.69, 9.17) is 5.73 Å². The van der Waals surface area contributed by atoms with Crippen LogP contribution in [0, 0.1) is 11.8 Å². The number of aromatic nitrogens is 6. The van der Waals surface area contributed by atoms with E-state index in [1.54, 1.807) is 33.9 Å². The summed E-state index contributed by atoms with van der Waals surface area (Å²) in [5.74, 6) is 5.88. The Morgan fingerprint density at radius 3 is 2.56 bits per heavy atom. The molecule has 0 saturated carbocycles. The van der Waals surface area contributed by atoms with Crippen LogP contribution in [0.5, 0.6) is 0 Å². The number of nitrogen functional groups attached to an aromatic ring is 1. The molecule has 15 heteroatoms. The van der Waals surface area contributed by atoms with Crippen molar-refractivity contribution in [3.05, 3.63) is 110 Å². The van der Waals surface area contributed by atoms with E-state index in [-0.39, 0.29) is 16.9 Å². The average molecular weight is 590 g/mol. The van der Waals surface area contributed by atoms with Crippen LogP contribution in [0.2, 0.25) is 0 Å². The van der Waals surface area contributed by atoms with Crippen LogP contribution in [-0.4, -0.2) is 79.3 Å². The van der Waals surface area contributed by atoms with Crippen molar-refractivity contribution in [3.8, 4) is 11.8 Å². The Hall–Kier alpha value is -5.24. The van der Waals surface area contributed by atoms with Crippen molar-refractivity contribution >= 4 is 72.6 Å². The van der Waals surface area contributed by atoms with Crippen molar-refractivity contribution in [1.82, 2.24) is 34.3 Å². The number of allylic oxidation sites excluding steroid dienone is 4. The Morgan fingerprint density at radius 2 is 1.87 bits per heavy atom. The molecule has 4 aromatic heterocycles. The molecule has 0 aliphatic carbocycles. The van der Waals surface area contributed by atoms with Crippen LogP contribution in [0.15, 0.2) is 81.8 Å². The fraction of sp³-hybridized carbons (Fsp3) is 0.133. The minimum absolute atomic E-state index is 0.0575. The molecule has 0 fully saturated rings. The maximum atomic E-state index is 14.5. The van der Waals surface area contributed by atoms with E-state index in [1.807, 2.05) is 74.9 Å². The quantitative estimate of drug-likeness (QED) is 0.136. The molecule has 1 aromatic carbocycles. The molecule has 218 valence electrons. The summed E-state index contributed by atoms with van der Waals surface area (Å²) in [5, 5.41) is 12.6. The molecule has 1 unspecified atom stereocenters.